The van der Waals surface area contributed by atoms with Crippen molar-refractivity contribution in [2.45, 2.75) is 19.8 Å². The van der Waals surface area contributed by atoms with Crippen LogP contribution in [0.2, 0.25) is 0 Å². The molecule has 0 unspecified atom stereocenters. The number of rotatable bonds is 4. The van der Waals surface area contributed by atoms with E-state index in [9.17, 15) is 4.79 Å². The molecular formula is C20H19NO. The maximum atomic E-state index is 12.0. The van der Waals surface area contributed by atoms with E-state index < -0.39 is 0 Å². The van der Waals surface area contributed by atoms with Gasteiger partial charge in [-0.25, -0.2) is 0 Å². The van der Waals surface area contributed by atoms with E-state index >= 15 is 0 Å². The average molecular weight is 289 g/mol. The molecule has 1 saturated carbocycles. The predicted octanol–water partition coefficient (Wildman–Crippen LogP) is 4.80. The molecule has 1 amide bonds. The van der Waals surface area contributed by atoms with Crippen molar-refractivity contribution in [1.29, 1.82) is 0 Å². The predicted molar refractivity (Wildman–Crippen MR) is 91.6 cm³/mol. The zero-order chi connectivity index (χ0) is 15.5. The molecule has 0 saturated heterocycles. The highest BCUT2D eigenvalue weighted by atomic mass is 16.1. The van der Waals surface area contributed by atoms with Gasteiger partial charge in [-0.3, -0.25) is 4.79 Å². The fourth-order valence-electron chi connectivity index (χ4n) is 2.51. The van der Waals surface area contributed by atoms with Gasteiger partial charge in [0.25, 0.3) is 5.91 Å². The molecule has 0 radical (unpaired) electrons. The van der Waals surface area contributed by atoms with Gasteiger partial charge in [-0.15, -0.1) is 0 Å². The van der Waals surface area contributed by atoms with Crippen molar-refractivity contribution in [1.82, 2.24) is 0 Å². The van der Waals surface area contributed by atoms with Gasteiger partial charge in [0.05, 0.1) is 0 Å². The number of anilines is 1. The number of para-hydroxylation sites is 1. The number of allylic oxidation sites excluding steroid dienone is 1. The first-order chi connectivity index (χ1) is 10.7. The van der Waals surface area contributed by atoms with E-state index in [0.29, 0.717) is 5.57 Å². The maximum absolute atomic E-state index is 12.0. The maximum Gasteiger partial charge on any atom is 0.250 e. The second kappa shape index (κ2) is 6.02. The molecule has 1 fully saturated rings. The minimum absolute atomic E-state index is 0.138. The van der Waals surface area contributed by atoms with E-state index in [4.69, 9.17) is 0 Å². The number of carbonyl (C=O) groups excluding carboxylic acids is 1. The number of nitrogens with one attached hydrogen (secondary N) is 1. The Morgan fingerprint density at radius 1 is 1.00 bits per heavy atom. The molecule has 1 N–H and O–H groups in total. The van der Waals surface area contributed by atoms with Gasteiger partial charge < -0.3 is 5.32 Å². The highest BCUT2D eigenvalue weighted by molar-refractivity contribution is 6.05. The Balaban J connectivity index is 2.06. The molecule has 0 bridgehead atoms. The van der Waals surface area contributed by atoms with Gasteiger partial charge in [-0.2, -0.15) is 0 Å². The molecule has 1 aliphatic rings. The Bertz CT molecular complexity index is 750. The number of hydrogen-bond acceptors (Lipinski definition) is 1. The monoisotopic (exact) mass is 289 g/mol. The summed E-state index contributed by atoms with van der Waals surface area (Å²) in [5.41, 5.74) is 6.33. The fraction of sp³-hybridized carbons (Fsp3) is 0.150. The summed E-state index contributed by atoms with van der Waals surface area (Å²) in [6.07, 6.45) is 2.26. The molecule has 22 heavy (non-hydrogen) atoms. The van der Waals surface area contributed by atoms with Crippen LogP contribution in [-0.2, 0) is 4.79 Å². The molecule has 2 nitrogen and oxygen atoms in total. The van der Waals surface area contributed by atoms with Crippen LogP contribution in [0.15, 0.2) is 72.3 Å². The molecule has 110 valence electrons. The van der Waals surface area contributed by atoms with Gasteiger partial charge >= 0.3 is 0 Å². The smallest absolute Gasteiger partial charge is 0.250 e. The largest absolute Gasteiger partial charge is 0.322 e. The Kier molecular flexibility index (Phi) is 3.92. The van der Waals surface area contributed by atoms with Crippen LogP contribution in [0.3, 0.4) is 0 Å². The topological polar surface area (TPSA) is 29.1 Å². The second-order valence-corrected chi connectivity index (χ2v) is 5.62. The summed E-state index contributed by atoms with van der Waals surface area (Å²) in [4.78, 5) is 12.0. The molecule has 0 aliphatic heterocycles. The molecule has 1 aliphatic carbocycles. The summed E-state index contributed by atoms with van der Waals surface area (Å²) in [5, 5.41) is 2.97. The number of hydrogen-bond donors (Lipinski definition) is 1. The third-order valence-electron chi connectivity index (χ3n) is 3.75. The number of carbonyl (C=O) groups is 1. The van der Waals surface area contributed by atoms with Gasteiger partial charge in [0.15, 0.2) is 0 Å². The first-order valence-electron chi connectivity index (χ1n) is 7.50. The normalized spacial score (nSPS) is 12.7. The zero-order valence-corrected chi connectivity index (χ0v) is 12.7. The Labute approximate surface area is 131 Å². The van der Waals surface area contributed by atoms with Gasteiger partial charge in [0, 0.05) is 16.8 Å². The van der Waals surface area contributed by atoms with Gasteiger partial charge in [-0.1, -0.05) is 60.7 Å². The minimum atomic E-state index is -0.138. The van der Waals surface area contributed by atoms with Gasteiger partial charge in [0.1, 0.15) is 0 Å². The standard InChI is InChI=1S/C20H19NO/c1-14(2)20(22)21-18-11-7-6-10-17(18)19(16-12-13-16)15-8-4-3-5-9-15/h3-11H,1,12-13H2,2H3,(H,21,22). The zero-order valence-electron chi connectivity index (χ0n) is 12.7. The third kappa shape index (κ3) is 3.01. The van der Waals surface area contributed by atoms with Crippen molar-refractivity contribution in [3.63, 3.8) is 0 Å². The molecule has 2 aromatic rings. The van der Waals surface area contributed by atoms with Crippen LogP contribution in [0.1, 0.15) is 30.9 Å². The quantitative estimate of drug-likeness (QED) is 0.805. The molecular weight excluding hydrogens is 270 g/mol. The molecule has 0 aromatic heterocycles. The lowest BCUT2D eigenvalue weighted by molar-refractivity contribution is -0.112. The molecule has 0 atom stereocenters. The lowest BCUT2D eigenvalue weighted by atomic mass is 9.95. The van der Waals surface area contributed by atoms with Crippen molar-refractivity contribution in [2.75, 3.05) is 5.32 Å². The van der Waals surface area contributed by atoms with Gasteiger partial charge in [-0.05, 0) is 37.0 Å². The van der Waals surface area contributed by atoms with Crippen molar-refractivity contribution >= 4 is 17.2 Å². The van der Waals surface area contributed by atoms with E-state index in [1.54, 1.807) is 6.92 Å². The number of benzene rings is 2. The van der Waals surface area contributed by atoms with Crippen LogP contribution >= 0.6 is 0 Å². The van der Waals surface area contributed by atoms with Crippen LogP contribution in [0.4, 0.5) is 5.69 Å². The summed E-state index contributed by atoms with van der Waals surface area (Å²) in [6.45, 7) is 5.42. The first-order valence-corrected chi connectivity index (χ1v) is 7.50. The van der Waals surface area contributed by atoms with E-state index in [2.05, 4.69) is 30.1 Å². The van der Waals surface area contributed by atoms with Crippen molar-refractivity contribution in [3.05, 3.63) is 83.4 Å². The third-order valence-corrected chi connectivity index (χ3v) is 3.75. The molecule has 2 aromatic carbocycles. The molecule has 3 rings (SSSR count). The van der Waals surface area contributed by atoms with Crippen LogP contribution in [-0.4, -0.2) is 5.91 Å². The van der Waals surface area contributed by atoms with Crippen molar-refractivity contribution < 1.29 is 4.79 Å². The van der Waals surface area contributed by atoms with Crippen LogP contribution in [0.5, 0.6) is 0 Å². The van der Waals surface area contributed by atoms with Gasteiger partial charge in [0.2, 0.25) is 0 Å². The summed E-state index contributed by atoms with van der Waals surface area (Å²) < 4.78 is 0. The van der Waals surface area contributed by atoms with Crippen molar-refractivity contribution in [2.24, 2.45) is 0 Å². The summed E-state index contributed by atoms with van der Waals surface area (Å²) in [6, 6.07) is 18.3. The lowest BCUT2D eigenvalue weighted by Crippen LogP contribution is -2.13. The summed E-state index contributed by atoms with van der Waals surface area (Å²) in [5.74, 6) is -0.138. The average Bonchev–Trinajstić information content (AvgIpc) is 3.35. The number of amides is 1. The first kappa shape index (κ1) is 14.3. The summed E-state index contributed by atoms with van der Waals surface area (Å²) >= 11 is 0. The summed E-state index contributed by atoms with van der Waals surface area (Å²) in [7, 11) is 0. The van der Waals surface area contributed by atoms with E-state index in [0.717, 1.165) is 24.1 Å². The van der Waals surface area contributed by atoms with Crippen LogP contribution in [0, 0.1) is 0 Å². The van der Waals surface area contributed by atoms with E-state index in [-0.39, 0.29) is 5.91 Å². The molecule has 0 spiro atoms. The minimum Gasteiger partial charge on any atom is -0.322 e. The Morgan fingerprint density at radius 2 is 1.64 bits per heavy atom. The molecule has 0 heterocycles. The Morgan fingerprint density at radius 3 is 2.27 bits per heavy atom. The highest BCUT2D eigenvalue weighted by Gasteiger charge is 2.22. The second-order valence-electron chi connectivity index (χ2n) is 5.62. The lowest BCUT2D eigenvalue weighted by Gasteiger charge is -2.14. The van der Waals surface area contributed by atoms with Crippen LogP contribution in [0.25, 0.3) is 5.57 Å². The van der Waals surface area contributed by atoms with E-state index in [1.165, 1.54) is 16.7 Å². The highest BCUT2D eigenvalue weighted by Crippen LogP contribution is 2.42. The fourth-order valence-corrected chi connectivity index (χ4v) is 2.51. The molecule has 2 heteroatoms. The van der Waals surface area contributed by atoms with Crippen LogP contribution < -0.4 is 5.32 Å². The van der Waals surface area contributed by atoms with Crippen molar-refractivity contribution in [3.8, 4) is 0 Å². The Hall–Kier alpha value is -2.61. The van der Waals surface area contributed by atoms with E-state index in [1.807, 2.05) is 36.4 Å². The SMILES string of the molecule is C=C(C)C(=O)Nc1ccccc1C(=C1CC1)c1ccccc1.